The fourth-order valence-electron chi connectivity index (χ4n) is 3.27. The first-order valence-corrected chi connectivity index (χ1v) is 8.97. The molecule has 4 rings (SSSR count). The van der Waals surface area contributed by atoms with Crippen LogP contribution in [0.5, 0.6) is 0 Å². The normalized spacial score (nSPS) is 17.5. The number of hydrogen-bond donors (Lipinski definition) is 1. The van der Waals surface area contributed by atoms with Crippen molar-refractivity contribution in [3.63, 3.8) is 0 Å². The highest BCUT2D eigenvalue weighted by Crippen LogP contribution is 2.34. The molecule has 0 bridgehead atoms. The predicted molar refractivity (Wildman–Crippen MR) is 99.1 cm³/mol. The van der Waals surface area contributed by atoms with E-state index in [9.17, 15) is 4.79 Å². The van der Waals surface area contributed by atoms with Gasteiger partial charge in [-0.05, 0) is 38.5 Å². The summed E-state index contributed by atoms with van der Waals surface area (Å²) in [4.78, 5) is 16.9. The number of nitrogens with one attached hydrogen (secondary N) is 1. The van der Waals surface area contributed by atoms with Crippen LogP contribution in [-0.2, 0) is 7.05 Å². The summed E-state index contributed by atoms with van der Waals surface area (Å²) >= 11 is 1.52. The van der Waals surface area contributed by atoms with E-state index in [1.807, 2.05) is 53.9 Å². The Morgan fingerprint density at radius 3 is 2.96 bits per heavy atom. The van der Waals surface area contributed by atoms with Crippen LogP contribution in [0, 0.1) is 6.92 Å². The van der Waals surface area contributed by atoms with Crippen LogP contribution in [0.25, 0.3) is 10.2 Å². The Balaban J connectivity index is 1.76. The molecule has 1 atom stereocenters. The molecule has 1 N–H and O–H groups in total. The Labute approximate surface area is 144 Å². The van der Waals surface area contributed by atoms with E-state index in [1.54, 1.807) is 0 Å². The molecule has 1 aromatic carbocycles. The van der Waals surface area contributed by atoms with Crippen molar-refractivity contribution in [3.05, 3.63) is 40.9 Å². The van der Waals surface area contributed by atoms with Crippen LogP contribution in [0.15, 0.2) is 30.3 Å². The van der Waals surface area contributed by atoms with Gasteiger partial charge in [0, 0.05) is 25.0 Å². The van der Waals surface area contributed by atoms with E-state index >= 15 is 0 Å². The van der Waals surface area contributed by atoms with E-state index in [4.69, 9.17) is 0 Å². The first kappa shape index (κ1) is 15.2. The van der Waals surface area contributed by atoms with Crippen LogP contribution in [0.2, 0.25) is 0 Å². The van der Waals surface area contributed by atoms with Gasteiger partial charge in [0.05, 0.1) is 21.9 Å². The van der Waals surface area contributed by atoms with Crippen molar-refractivity contribution in [1.82, 2.24) is 9.78 Å². The molecule has 3 heterocycles. The van der Waals surface area contributed by atoms with Gasteiger partial charge in [0.15, 0.2) is 0 Å². The van der Waals surface area contributed by atoms with Crippen LogP contribution in [0.4, 0.5) is 11.4 Å². The van der Waals surface area contributed by atoms with Gasteiger partial charge in [-0.1, -0.05) is 12.1 Å². The molecule has 24 heavy (non-hydrogen) atoms. The molecule has 0 radical (unpaired) electrons. The van der Waals surface area contributed by atoms with Gasteiger partial charge in [0.1, 0.15) is 4.83 Å². The Morgan fingerprint density at radius 1 is 1.38 bits per heavy atom. The summed E-state index contributed by atoms with van der Waals surface area (Å²) in [6.07, 6.45) is 0.923. The number of thiophene rings is 1. The first-order valence-electron chi connectivity index (χ1n) is 8.15. The van der Waals surface area contributed by atoms with Crippen LogP contribution in [0.1, 0.15) is 28.7 Å². The summed E-state index contributed by atoms with van der Waals surface area (Å²) in [5.74, 6) is 0.0685. The van der Waals surface area contributed by atoms with Crippen molar-refractivity contribution in [2.45, 2.75) is 26.3 Å². The number of hydrogen-bond acceptors (Lipinski definition) is 4. The zero-order chi connectivity index (χ0) is 16.8. The van der Waals surface area contributed by atoms with Crippen molar-refractivity contribution in [2.75, 3.05) is 16.8 Å². The molecule has 0 saturated heterocycles. The van der Waals surface area contributed by atoms with Crippen molar-refractivity contribution < 1.29 is 4.79 Å². The highest BCUT2D eigenvalue weighted by Gasteiger charge is 2.26. The number of benzene rings is 1. The maximum atomic E-state index is 13.2. The fraction of sp³-hybridized carbons (Fsp3) is 0.333. The average molecular weight is 340 g/mol. The highest BCUT2D eigenvalue weighted by atomic mass is 32.1. The lowest BCUT2D eigenvalue weighted by molar-refractivity contribution is 0.0991. The monoisotopic (exact) mass is 340 g/mol. The molecule has 0 spiro atoms. The fourth-order valence-corrected chi connectivity index (χ4v) is 4.34. The van der Waals surface area contributed by atoms with Gasteiger partial charge in [-0.15, -0.1) is 11.3 Å². The zero-order valence-electron chi connectivity index (χ0n) is 14.0. The Bertz CT molecular complexity index is 892. The number of aromatic nitrogens is 2. The van der Waals surface area contributed by atoms with E-state index in [0.717, 1.165) is 45.1 Å². The Kier molecular flexibility index (Phi) is 3.57. The second kappa shape index (κ2) is 5.63. The van der Waals surface area contributed by atoms with Crippen LogP contribution in [-0.4, -0.2) is 28.3 Å². The average Bonchev–Trinajstić information content (AvgIpc) is 3.05. The molecule has 6 heteroatoms. The lowest BCUT2D eigenvalue weighted by Crippen LogP contribution is -2.31. The lowest BCUT2D eigenvalue weighted by Gasteiger charge is -2.21. The van der Waals surface area contributed by atoms with Crippen molar-refractivity contribution >= 4 is 38.8 Å². The van der Waals surface area contributed by atoms with E-state index in [-0.39, 0.29) is 5.91 Å². The molecule has 0 saturated carbocycles. The summed E-state index contributed by atoms with van der Waals surface area (Å²) in [6.45, 7) is 4.85. The zero-order valence-corrected chi connectivity index (χ0v) is 14.9. The number of carbonyl (C=O) groups excluding carboxylic acids is 1. The molecule has 1 aliphatic heterocycles. The van der Waals surface area contributed by atoms with Gasteiger partial charge >= 0.3 is 0 Å². The molecule has 1 aliphatic rings. The topological polar surface area (TPSA) is 50.2 Å². The minimum absolute atomic E-state index is 0.0685. The number of anilines is 2. The van der Waals surface area contributed by atoms with E-state index in [2.05, 4.69) is 17.3 Å². The minimum atomic E-state index is 0.0685. The SMILES string of the molecule is Cc1nn(C)c2sc(C(=O)N3CCC(C)Nc4ccccc43)cc12. The first-order chi connectivity index (χ1) is 11.5. The quantitative estimate of drug-likeness (QED) is 0.733. The summed E-state index contributed by atoms with van der Waals surface area (Å²) in [6, 6.07) is 10.4. The van der Waals surface area contributed by atoms with Gasteiger partial charge in [-0.25, -0.2) is 0 Å². The molecular weight excluding hydrogens is 320 g/mol. The molecule has 124 valence electrons. The number of nitrogens with zero attached hydrogens (tertiary/aromatic N) is 3. The molecule has 3 aromatic rings. The van der Waals surface area contributed by atoms with Crippen LogP contribution in [0.3, 0.4) is 0 Å². The second-order valence-corrected chi connectivity index (χ2v) is 7.38. The Hall–Kier alpha value is -2.34. The van der Waals surface area contributed by atoms with Gasteiger partial charge in [0.2, 0.25) is 0 Å². The van der Waals surface area contributed by atoms with Crippen molar-refractivity contribution in [2.24, 2.45) is 7.05 Å². The van der Waals surface area contributed by atoms with Crippen molar-refractivity contribution in [3.8, 4) is 0 Å². The molecule has 1 amide bonds. The third kappa shape index (κ3) is 2.38. The largest absolute Gasteiger partial charge is 0.381 e. The molecule has 2 aromatic heterocycles. The summed E-state index contributed by atoms with van der Waals surface area (Å²) < 4.78 is 1.85. The number of amides is 1. The van der Waals surface area contributed by atoms with E-state index in [1.165, 1.54) is 11.3 Å². The third-order valence-corrected chi connectivity index (χ3v) is 5.72. The lowest BCUT2D eigenvalue weighted by atomic mass is 10.2. The molecular formula is C18H20N4OS. The molecule has 5 nitrogen and oxygen atoms in total. The van der Waals surface area contributed by atoms with Gasteiger partial charge in [0.25, 0.3) is 5.91 Å². The van der Waals surface area contributed by atoms with Gasteiger partial charge in [-0.2, -0.15) is 5.10 Å². The van der Waals surface area contributed by atoms with Crippen LogP contribution < -0.4 is 10.2 Å². The van der Waals surface area contributed by atoms with E-state index < -0.39 is 0 Å². The van der Waals surface area contributed by atoms with Crippen molar-refractivity contribution in [1.29, 1.82) is 0 Å². The van der Waals surface area contributed by atoms with Crippen LogP contribution >= 0.6 is 11.3 Å². The maximum absolute atomic E-state index is 13.2. The smallest absolute Gasteiger partial charge is 0.268 e. The third-order valence-electron chi connectivity index (χ3n) is 4.53. The maximum Gasteiger partial charge on any atom is 0.268 e. The molecule has 0 aliphatic carbocycles. The van der Waals surface area contributed by atoms with Gasteiger partial charge in [-0.3, -0.25) is 9.48 Å². The summed E-state index contributed by atoms with van der Waals surface area (Å²) in [5, 5.41) is 8.98. The standard InChI is InChI=1S/C18H20N4OS/c1-11-8-9-22(15-7-5-4-6-14(15)19-11)17(23)16-10-13-12(2)20-21(3)18(13)24-16/h4-7,10-11,19H,8-9H2,1-3H3. The van der Waals surface area contributed by atoms with E-state index in [0.29, 0.717) is 6.04 Å². The van der Waals surface area contributed by atoms with Gasteiger partial charge < -0.3 is 10.2 Å². The number of fused-ring (bicyclic) bond motifs is 2. The summed E-state index contributed by atoms with van der Waals surface area (Å²) in [5.41, 5.74) is 2.95. The molecule has 0 fully saturated rings. The number of carbonyl (C=O) groups is 1. The second-order valence-electron chi connectivity index (χ2n) is 6.35. The predicted octanol–water partition coefficient (Wildman–Crippen LogP) is 3.79. The molecule has 1 unspecified atom stereocenters. The Morgan fingerprint density at radius 2 is 2.17 bits per heavy atom. The minimum Gasteiger partial charge on any atom is -0.381 e. The highest BCUT2D eigenvalue weighted by molar-refractivity contribution is 7.20. The summed E-state index contributed by atoms with van der Waals surface area (Å²) in [7, 11) is 1.92. The number of rotatable bonds is 1. The number of aryl methyl sites for hydroxylation is 2. The number of para-hydroxylation sites is 2.